The van der Waals surface area contributed by atoms with Crippen LogP contribution in [0.1, 0.15) is 68.2 Å². The van der Waals surface area contributed by atoms with Gasteiger partial charge in [-0.3, -0.25) is 0 Å². The largest absolute Gasteiger partial charge is 0.462 e. The van der Waals surface area contributed by atoms with Gasteiger partial charge >= 0.3 is 89.8 Å². The summed E-state index contributed by atoms with van der Waals surface area (Å²) < 4.78 is 88.9. The zero-order valence-corrected chi connectivity index (χ0v) is 69.6. The molecule has 0 aromatic carbocycles. The molecule has 0 N–H and O–H groups in total. The topological polar surface area (TPSA) is 233 Å². The minimum absolute atomic E-state index is 0.182. The summed E-state index contributed by atoms with van der Waals surface area (Å²) in [4.78, 5) is 55.5. The SMILES string of the molecule is C=C(C)C(=O)OCCC[Si](C)(C)C.C=C(C)C(=O)OCCC[Si](C)(OC)OC.C=C(C)C(=O)OCCO[Si](C)(C)C.C=C(C)C(=O)OCCO[Si](C)(C)O[Si](C)(C)O[Si](C)(C)OC.C=C(C)C(=O)OCCO[Si](C)(C)O[Si](C)(C)O[Si](C)(C)OC(C)(C)C. The molecule has 0 saturated carbocycles. The lowest BCUT2D eigenvalue weighted by Crippen LogP contribution is -2.56. The number of hydrogen-bond acceptors (Lipinski definition) is 21. The van der Waals surface area contributed by atoms with Gasteiger partial charge in [0, 0.05) is 57.3 Å². The molecular weight excluding hydrogens is 1290 g/mol. The summed E-state index contributed by atoms with van der Waals surface area (Å²) >= 11 is 0. The molecule has 0 unspecified atom stereocenters. The van der Waals surface area contributed by atoms with Gasteiger partial charge in [-0.2, -0.15) is 0 Å². The molecule has 0 aromatic rings. The molecule has 518 valence electrons. The molecule has 0 atom stereocenters. The van der Waals surface area contributed by atoms with E-state index in [2.05, 4.69) is 72.2 Å². The molecule has 0 bridgehead atoms. The maximum Gasteiger partial charge on any atom is 0.334 e. The molecule has 0 spiro atoms. The second kappa shape index (κ2) is 44.2. The van der Waals surface area contributed by atoms with E-state index in [1.165, 1.54) is 6.04 Å². The highest BCUT2D eigenvalue weighted by Gasteiger charge is 2.44. The van der Waals surface area contributed by atoms with Crippen LogP contribution in [0.3, 0.4) is 0 Å². The van der Waals surface area contributed by atoms with E-state index in [-0.39, 0.29) is 36.7 Å². The fraction of sp³-hybridized carbons (Fsp3) is 0.741. The summed E-state index contributed by atoms with van der Waals surface area (Å²) in [7, 11) is -13.5. The van der Waals surface area contributed by atoms with E-state index in [0.29, 0.717) is 67.5 Å². The van der Waals surface area contributed by atoms with E-state index in [4.69, 9.17) is 71.1 Å². The highest BCUT2D eigenvalue weighted by Crippen LogP contribution is 2.26. The van der Waals surface area contributed by atoms with Crippen LogP contribution in [0, 0.1) is 0 Å². The van der Waals surface area contributed by atoms with Crippen LogP contribution < -0.4 is 0 Å². The Balaban J connectivity index is -0.000000335. The van der Waals surface area contributed by atoms with Gasteiger partial charge in [0.05, 0.1) is 38.6 Å². The molecule has 88 heavy (non-hydrogen) atoms. The monoisotopic (exact) mass is 1410 g/mol. The van der Waals surface area contributed by atoms with Crippen LogP contribution in [0.2, 0.25) is 136 Å². The lowest BCUT2D eigenvalue weighted by molar-refractivity contribution is -0.140. The average molecular weight is 1410 g/mol. The van der Waals surface area contributed by atoms with Gasteiger partial charge in [0.15, 0.2) is 8.32 Å². The van der Waals surface area contributed by atoms with Crippen molar-refractivity contribution in [2.24, 2.45) is 0 Å². The summed E-state index contributed by atoms with van der Waals surface area (Å²) in [6, 6.07) is 2.01. The Morgan fingerprint density at radius 1 is 0.330 bits per heavy atom. The Morgan fingerprint density at radius 2 is 0.591 bits per heavy atom. The van der Waals surface area contributed by atoms with E-state index in [9.17, 15) is 24.0 Å². The van der Waals surface area contributed by atoms with Crippen LogP contribution in [0.4, 0.5) is 0 Å². The minimum Gasteiger partial charge on any atom is -0.462 e. The van der Waals surface area contributed by atoms with Crippen LogP contribution >= 0.6 is 0 Å². The highest BCUT2D eigenvalue weighted by molar-refractivity contribution is 6.85. The van der Waals surface area contributed by atoms with Crippen LogP contribution in [0.5, 0.6) is 0 Å². The quantitative estimate of drug-likeness (QED) is 0.0185. The van der Waals surface area contributed by atoms with Crippen molar-refractivity contribution in [1.29, 1.82) is 0 Å². The van der Waals surface area contributed by atoms with Crippen molar-refractivity contribution in [2.75, 3.05) is 74.2 Å². The lowest BCUT2D eigenvalue weighted by Gasteiger charge is -2.40. The van der Waals surface area contributed by atoms with E-state index < -0.39 is 88.3 Å². The van der Waals surface area contributed by atoms with E-state index in [0.717, 1.165) is 18.9 Å². The van der Waals surface area contributed by atoms with Gasteiger partial charge in [-0.25, -0.2) is 24.0 Å². The Labute approximate surface area is 543 Å². The second-order valence-electron chi connectivity index (χ2n) is 26.8. The Hall–Kier alpha value is -2.44. The molecule has 0 saturated heterocycles. The van der Waals surface area contributed by atoms with Gasteiger partial charge in [-0.15, -0.1) is 0 Å². The zero-order chi connectivity index (χ0) is 70.6. The smallest absolute Gasteiger partial charge is 0.334 e. The zero-order valence-electron chi connectivity index (χ0n) is 60.6. The first-order valence-electron chi connectivity index (χ1n) is 29.6. The van der Waals surface area contributed by atoms with Gasteiger partial charge in [-0.1, -0.05) is 58.6 Å². The summed E-state index contributed by atoms with van der Waals surface area (Å²) in [6.07, 6.45) is 1.73. The first-order valence-corrected chi connectivity index (χ1v) is 56.1. The summed E-state index contributed by atoms with van der Waals surface area (Å²) in [6.45, 7) is 73.5. The third kappa shape index (κ3) is 61.1. The number of carbonyl (C=O) groups excluding carboxylic acids is 5. The molecular formula is C58H124O21Si9. The van der Waals surface area contributed by atoms with E-state index >= 15 is 0 Å². The minimum atomic E-state index is -2.42. The van der Waals surface area contributed by atoms with Crippen molar-refractivity contribution in [3.63, 3.8) is 0 Å². The molecule has 0 amide bonds. The molecule has 30 heteroatoms. The Kier molecular flexibility index (Phi) is 47.4. The molecule has 0 aliphatic heterocycles. The van der Waals surface area contributed by atoms with Gasteiger partial charge < -0.3 is 71.1 Å². The number of esters is 5. The van der Waals surface area contributed by atoms with Crippen molar-refractivity contribution in [1.82, 2.24) is 0 Å². The molecule has 0 aromatic heterocycles. The van der Waals surface area contributed by atoms with Crippen molar-refractivity contribution in [2.45, 2.75) is 210 Å². The van der Waals surface area contributed by atoms with Crippen molar-refractivity contribution < 1.29 is 95.1 Å². The van der Waals surface area contributed by atoms with E-state index in [1.807, 2.05) is 106 Å². The van der Waals surface area contributed by atoms with Gasteiger partial charge in [0.1, 0.15) is 19.8 Å². The third-order valence-corrected chi connectivity index (χ3v) is 35.8. The van der Waals surface area contributed by atoms with Crippen molar-refractivity contribution in [3.05, 3.63) is 60.8 Å². The average Bonchev–Trinajstić information content (AvgIpc) is 3.33. The van der Waals surface area contributed by atoms with Crippen LogP contribution in [0.25, 0.3) is 0 Å². The molecule has 21 nitrogen and oxygen atoms in total. The maximum atomic E-state index is 11.3. The lowest BCUT2D eigenvalue weighted by atomic mass is 10.2. The summed E-state index contributed by atoms with van der Waals surface area (Å²) in [5.41, 5.74) is 1.83. The summed E-state index contributed by atoms with van der Waals surface area (Å²) in [5.74, 6) is -1.77. The molecule has 0 rings (SSSR count). The maximum absolute atomic E-state index is 11.3. The third-order valence-electron chi connectivity index (χ3n) is 10.3. The first-order chi connectivity index (χ1) is 39.4. The van der Waals surface area contributed by atoms with Gasteiger partial charge in [-0.05, 0) is 179 Å². The Bertz CT molecular complexity index is 2100. The molecule has 0 fully saturated rings. The molecule has 0 aliphatic rings. The first kappa shape index (κ1) is 94.3. The highest BCUT2D eigenvalue weighted by atomic mass is 28.5. The number of carbonyl (C=O) groups is 5. The van der Waals surface area contributed by atoms with Crippen molar-refractivity contribution >= 4 is 106 Å². The number of ether oxygens (including phenoxy) is 5. The van der Waals surface area contributed by atoms with Crippen LogP contribution in [0.15, 0.2) is 60.8 Å². The molecule has 0 aliphatic carbocycles. The standard InChI is InChI=1S/C16H36O6Si3.C13H30O6Si3.C10H20O4Si.C10H20O2Si.C9H18O3Si/c1-14(2)15(17)18-12-13-19-23(6,7)21-25(10,11)22-24(8,9)20-16(3,4)5;1-12(2)13(14)16-10-11-17-21(6,7)19-22(8,9)18-20(4,5)15-3;1-9(2)10(11)14-7-6-8-15(5,12-3)13-4;1-9(2)10(11)12-7-6-8-13(3,4)5;1-8(2)9(10)11-6-7-12-13(3,4)5/h1,12-13H2,2-11H3;1,10-11H2,2-9H3;1,6-8H2,2-5H3;1,6-8H2,2-5H3;1,6-7H2,2-5H3. The van der Waals surface area contributed by atoms with Crippen molar-refractivity contribution in [3.8, 4) is 0 Å². The number of rotatable bonds is 37. The normalized spacial score (nSPS) is 12.3. The molecule has 0 radical (unpaired) electrons. The van der Waals surface area contributed by atoms with Gasteiger partial charge in [0.25, 0.3) is 0 Å². The van der Waals surface area contributed by atoms with Gasteiger partial charge in [0.2, 0.25) is 0 Å². The summed E-state index contributed by atoms with van der Waals surface area (Å²) in [5, 5.41) is 0. The number of hydrogen-bond donors (Lipinski definition) is 0. The van der Waals surface area contributed by atoms with Crippen LogP contribution in [-0.2, 0) is 95.1 Å². The van der Waals surface area contributed by atoms with Crippen LogP contribution in [-0.4, -0.2) is 186 Å². The fourth-order valence-electron chi connectivity index (χ4n) is 6.82. The second-order valence-corrected chi connectivity index (χ2v) is 61.7. The predicted molar refractivity (Wildman–Crippen MR) is 375 cm³/mol. The van der Waals surface area contributed by atoms with E-state index in [1.54, 1.807) is 55.9 Å². The fourth-order valence-corrected chi connectivity index (χ4v) is 33.7. The Morgan fingerprint density at radius 3 is 0.841 bits per heavy atom. The molecule has 0 heterocycles. The predicted octanol–water partition coefficient (Wildman–Crippen LogP) is 13.6.